The van der Waals surface area contributed by atoms with Crippen LogP contribution in [-0.2, 0) is 9.59 Å². The molecule has 0 saturated carbocycles. The van der Waals surface area contributed by atoms with E-state index in [1.807, 2.05) is 25.1 Å². The summed E-state index contributed by atoms with van der Waals surface area (Å²) >= 11 is 3.41. The van der Waals surface area contributed by atoms with Crippen molar-refractivity contribution in [3.63, 3.8) is 0 Å². The van der Waals surface area contributed by atoms with Crippen LogP contribution in [0.1, 0.15) is 25.3 Å². The van der Waals surface area contributed by atoms with Crippen LogP contribution in [0.4, 0.5) is 5.69 Å². The van der Waals surface area contributed by atoms with Crippen LogP contribution in [0, 0.1) is 12.8 Å². The summed E-state index contributed by atoms with van der Waals surface area (Å²) in [6.07, 6.45) is 1.47. The van der Waals surface area contributed by atoms with Gasteiger partial charge in [0.15, 0.2) is 0 Å². The number of benzene rings is 1. The van der Waals surface area contributed by atoms with Gasteiger partial charge >= 0.3 is 0 Å². The van der Waals surface area contributed by atoms with Gasteiger partial charge in [-0.15, -0.1) is 0 Å². The molecular weight excluding hydrogens is 320 g/mol. The zero-order valence-corrected chi connectivity index (χ0v) is 13.4. The van der Waals surface area contributed by atoms with E-state index in [1.165, 1.54) is 0 Å². The fraction of sp³-hybridized carbons (Fsp3) is 0.467. The highest BCUT2D eigenvalue weighted by atomic mass is 79.9. The number of halogens is 1. The molecule has 1 aromatic rings. The van der Waals surface area contributed by atoms with Crippen LogP contribution in [0.5, 0.6) is 0 Å². The maximum absolute atomic E-state index is 12.3. The van der Waals surface area contributed by atoms with Crippen molar-refractivity contribution in [2.24, 2.45) is 5.92 Å². The van der Waals surface area contributed by atoms with Gasteiger partial charge in [-0.25, -0.2) is 0 Å². The normalized spacial score (nSPS) is 16.1. The highest BCUT2D eigenvalue weighted by molar-refractivity contribution is 9.10. The molecule has 108 valence electrons. The van der Waals surface area contributed by atoms with Crippen LogP contribution >= 0.6 is 15.9 Å². The number of rotatable bonds is 2. The molecule has 0 aliphatic carbocycles. The first kappa shape index (κ1) is 15.0. The minimum atomic E-state index is -0.0102. The summed E-state index contributed by atoms with van der Waals surface area (Å²) in [4.78, 5) is 25.3. The van der Waals surface area contributed by atoms with Gasteiger partial charge in [0.1, 0.15) is 0 Å². The number of likely N-dealkylation sites (tertiary alicyclic amines) is 1. The lowest BCUT2D eigenvalue weighted by Crippen LogP contribution is -2.40. The number of hydrogen-bond donors (Lipinski definition) is 1. The number of nitrogens with zero attached hydrogens (tertiary/aromatic N) is 1. The van der Waals surface area contributed by atoms with Crippen LogP contribution in [0.3, 0.4) is 0 Å². The van der Waals surface area contributed by atoms with Gasteiger partial charge in [0, 0.05) is 36.1 Å². The van der Waals surface area contributed by atoms with E-state index in [-0.39, 0.29) is 17.7 Å². The molecule has 1 aliphatic heterocycles. The van der Waals surface area contributed by atoms with Gasteiger partial charge in [0.2, 0.25) is 11.8 Å². The van der Waals surface area contributed by atoms with Crippen molar-refractivity contribution in [3.8, 4) is 0 Å². The highest BCUT2D eigenvalue weighted by Gasteiger charge is 2.26. The molecular formula is C15H19BrN2O2. The molecule has 0 aromatic heterocycles. The van der Waals surface area contributed by atoms with Crippen LogP contribution < -0.4 is 5.32 Å². The van der Waals surface area contributed by atoms with Crippen molar-refractivity contribution in [3.05, 3.63) is 28.2 Å². The first-order chi connectivity index (χ1) is 9.47. The summed E-state index contributed by atoms with van der Waals surface area (Å²) in [7, 11) is 0. The molecule has 1 saturated heterocycles. The lowest BCUT2D eigenvalue weighted by atomic mass is 9.95. The van der Waals surface area contributed by atoms with Crippen molar-refractivity contribution >= 4 is 33.4 Å². The molecule has 4 nitrogen and oxygen atoms in total. The topological polar surface area (TPSA) is 49.4 Å². The Bertz CT molecular complexity index is 523. The van der Waals surface area contributed by atoms with E-state index >= 15 is 0 Å². The Balaban J connectivity index is 1.96. The second-order valence-electron chi connectivity index (χ2n) is 5.23. The molecule has 0 bridgehead atoms. The molecule has 5 heteroatoms. The van der Waals surface area contributed by atoms with E-state index in [1.54, 1.807) is 11.8 Å². The summed E-state index contributed by atoms with van der Waals surface area (Å²) in [5.41, 5.74) is 1.89. The van der Waals surface area contributed by atoms with Gasteiger partial charge in [0.25, 0.3) is 0 Å². The Kier molecular flexibility index (Phi) is 4.81. The largest absolute Gasteiger partial charge is 0.343 e. The Morgan fingerprint density at radius 3 is 2.55 bits per heavy atom. The molecule has 1 fully saturated rings. The zero-order valence-electron chi connectivity index (χ0n) is 11.8. The summed E-state index contributed by atoms with van der Waals surface area (Å²) in [5.74, 6) is 0.130. The Morgan fingerprint density at radius 2 is 1.95 bits per heavy atom. The number of piperidine rings is 1. The van der Waals surface area contributed by atoms with Gasteiger partial charge in [0.05, 0.1) is 0 Å². The summed E-state index contributed by atoms with van der Waals surface area (Å²) < 4.78 is 0.949. The van der Waals surface area contributed by atoms with Crippen LogP contribution in [0.15, 0.2) is 22.7 Å². The van der Waals surface area contributed by atoms with Gasteiger partial charge in [-0.1, -0.05) is 22.0 Å². The van der Waals surface area contributed by atoms with E-state index < -0.39 is 0 Å². The minimum absolute atomic E-state index is 0.0102. The van der Waals surface area contributed by atoms with Gasteiger partial charge in [-0.2, -0.15) is 0 Å². The molecule has 2 rings (SSSR count). The zero-order chi connectivity index (χ0) is 14.7. The fourth-order valence-corrected chi connectivity index (χ4v) is 2.78. The lowest BCUT2D eigenvalue weighted by Gasteiger charge is -2.30. The number of carbonyl (C=O) groups excluding carboxylic acids is 2. The average molecular weight is 339 g/mol. The third-order valence-electron chi connectivity index (χ3n) is 3.77. The first-order valence-corrected chi connectivity index (χ1v) is 7.59. The standard InChI is InChI=1S/C15H19BrN2O2/c1-10-3-4-13(16)9-14(10)17-15(20)12-5-7-18(8-6-12)11(2)19/h3-4,9,12H,5-8H2,1-2H3,(H,17,20). The molecule has 0 radical (unpaired) electrons. The number of amides is 2. The van der Waals surface area contributed by atoms with Crippen molar-refractivity contribution < 1.29 is 9.59 Å². The summed E-state index contributed by atoms with van der Waals surface area (Å²) in [6, 6.07) is 5.84. The number of nitrogens with one attached hydrogen (secondary N) is 1. The molecule has 1 heterocycles. The summed E-state index contributed by atoms with van der Waals surface area (Å²) in [5, 5.41) is 2.99. The second-order valence-corrected chi connectivity index (χ2v) is 6.14. The van der Waals surface area contributed by atoms with Gasteiger partial charge in [-0.05, 0) is 37.5 Å². The van der Waals surface area contributed by atoms with E-state index in [0.29, 0.717) is 13.1 Å². The number of carbonyl (C=O) groups is 2. The highest BCUT2D eigenvalue weighted by Crippen LogP contribution is 2.23. The van der Waals surface area contributed by atoms with E-state index in [4.69, 9.17) is 0 Å². The molecule has 1 N–H and O–H groups in total. The molecule has 2 amide bonds. The summed E-state index contributed by atoms with van der Waals surface area (Å²) in [6.45, 7) is 4.89. The number of aryl methyl sites for hydroxylation is 1. The molecule has 1 aliphatic rings. The van der Waals surface area contributed by atoms with Crippen molar-refractivity contribution in [1.29, 1.82) is 0 Å². The van der Waals surface area contributed by atoms with Gasteiger partial charge < -0.3 is 10.2 Å². The van der Waals surface area contributed by atoms with Crippen molar-refractivity contribution in [2.75, 3.05) is 18.4 Å². The van der Waals surface area contributed by atoms with Crippen molar-refractivity contribution in [2.45, 2.75) is 26.7 Å². The average Bonchev–Trinajstić information content (AvgIpc) is 2.43. The Labute approximate surface area is 127 Å². The third-order valence-corrected chi connectivity index (χ3v) is 4.26. The number of anilines is 1. The molecule has 0 spiro atoms. The predicted molar refractivity (Wildman–Crippen MR) is 82.5 cm³/mol. The minimum Gasteiger partial charge on any atom is -0.343 e. The van der Waals surface area contributed by atoms with Crippen LogP contribution in [0.25, 0.3) is 0 Å². The van der Waals surface area contributed by atoms with Crippen molar-refractivity contribution in [1.82, 2.24) is 4.90 Å². The predicted octanol–water partition coefficient (Wildman–Crippen LogP) is 2.95. The van der Waals surface area contributed by atoms with E-state index in [2.05, 4.69) is 21.2 Å². The Hall–Kier alpha value is -1.36. The first-order valence-electron chi connectivity index (χ1n) is 6.80. The van der Waals surface area contributed by atoms with E-state index in [0.717, 1.165) is 28.6 Å². The van der Waals surface area contributed by atoms with Crippen LogP contribution in [-0.4, -0.2) is 29.8 Å². The second kappa shape index (κ2) is 6.39. The lowest BCUT2D eigenvalue weighted by molar-refractivity contribution is -0.132. The van der Waals surface area contributed by atoms with Crippen LogP contribution in [0.2, 0.25) is 0 Å². The quantitative estimate of drug-likeness (QED) is 0.901. The van der Waals surface area contributed by atoms with Gasteiger partial charge in [-0.3, -0.25) is 9.59 Å². The monoisotopic (exact) mass is 338 g/mol. The SMILES string of the molecule is CC(=O)N1CCC(C(=O)Nc2cc(Br)ccc2C)CC1. The Morgan fingerprint density at radius 1 is 1.30 bits per heavy atom. The maximum atomic E-state index is 12.3. The van der Waals surface area contributed by atoms with E-state index in [9.17, 15) is 9.59 Å². The molecule has 1 aromatic carbocycles. The fourth-order valence-electron chi connectivity index (χ4n) is 2.42. The third kappa shape index (κ3) is 3.60. The molecule has 0 atom stereocenters. The maximum Gasteiger partial charge on any atom is 0.227 e. The smallest absolute Gasteiger partial charge is 0.227 e. The molecule has 0 unspecified atom stereocenters. The number of hydrogen-bond acceptors (Lipinski definition) is 2. The molecule has 20 heavy (non-hydrogen) atoms.